The van der Waals surface area contributed by atoms with Crippen molar-refractivity contribution >= 4 is 12.6 Å². The van der Waals surface area contributed by atoms with E-state index in [0.717, 1.165) is 5.56 Å². The minimum absolute atomic E-state index is 0.135. The molecule has 0 unspecified atom stereocenters. The average Bonchev–Trinajstić information content (AvgIpc) is 2.49. The Labute approximate surface area is 122 Å². The average molecular weight is 292 g/mol. The van der Waals surface area contributed by atoms with Crippen LogP contribution in [0.4, 0.5) is 0 Å². The lowest BCUT2D eigenvalue weighted by molar-refractivity contribution is 0.355. The van der Waals surface area contributed by atoms with Gasteiger partial charge in [-0.1, -0.05) is 0 Å². The second kappa shape index (κ2) is 6.00. The molecule has 0 radical (unpaired) electrons. The summed E-state index contributed by atoms with van der Waals surface area (Å²) >= 11 is 4.17. The van der Waals surface area contributed by atoms with Crippen LogP contribution in [-0.4, -0.2) is 24.0 Å². The molecule has 2 rings (SSSR count). The lowest BCUT2D eigenvalue weighted by Crippen LogP contribution is -2.23. The van der Waals surface area contributed by atoms with Crippen LogP contribution >= 0.6 is 12.6 Å². The number of methoxy groups -OCH3 is 2. The van der Waals surface area contributed by atoms with E-state index in [0.29, 0.717) is 28.5 Å². The second-order valence-electron chi connectivity index (χ2n) is 4.21. The third kappa shape index (κ3) is 2.65. The quantitative estimate of drug-likeness (QED) is 0.874. The minimum Gasteiger partial charge on any atom is -0.493 e. The first-order valence-corrected chi connectivity index (χ1v) is 6.64. The van der Waals surface area contributed by atoms with Gasteiger partial charge in [0.2, 0.25) is 0 Å². The Balaban J connectivity index is 2.57. The van der Waals surface area contributed by atoms with E-state index in [1.54, 1.807) is 33.4 Å². The maximum Gasteiger partial charge on any atom is 0.270 e. The summed E-state index contributed by atoms with van der Waals surface area (Å²) < 4.78 is 11.8. The molecule has 0 N–H and O–H groups in total. The molecule has 0 spiro atoms. The summed E-state index contributed by atoms with van der Waals surface area (Å²) in [4.78, 5) is 11.8. The Hall–Kier alpha value is -1.95. The number of thiol groups is 1. The number of aryl methyl sites for hydroxylation is 1. The molecule has 0 amide bonds. The van der Waals surface area contributed by atoms with Gasteiger partial charge in [-0.05, 0) is 24.3 Å². The highest BCUT2D eigenvalue weighted by molar-refractivity contribution is 7.79. The van der Waals surface area contributed by atoms with Crippen LogP contribution in [0.15, 0.2) is 29.1 Å². The third-order valence-corrected chi connectivity index (χ3v) is 3.33. The SMILES string of the molecule is COc1ccc(-c2cc(CS)c(=O)n(C)n2)cc1OC. The zero-order valence-electron chi connectivity index (χ0n) is 11.6. The molecule has 106 valence electrons. The standard InChI is InChI=1S/C14H16N2O3S/c1-16-14(17)10(8-20)6-11(15-16)9-4-5-12(18-2)13(7-9)19-3/h4-7,20H,8H2,1-3H3. The Morgan fingerprint density at radius 3 is 2.50 bits per heavy atom. The summed E-state index contributed by atoms with van der Waals surface area (Å²) in [5, 5.41) is 4.26. The molecular formula is C14H16N2O3S. The molecular weight excluding hydrogens is 276 g/mol. The number of benzene rings is 1. The van der Waals surface area contributed by atoms with Crippen LogP contribution in [0.25, 0.3) is 11.3 Å². The normalized spacial score (nSPS) is 10.4. The summed E-state index contributed by atoms with van der Waals surface area (Å²) in [6.45, 7) is 0. The van der Waals surface area contributed by atoms with Crippen LogP contribution < -0.4 is 15.0 Å². The predicted octanol–water partition coefficient (Wildman–Crippen LogP) is 1.89. The lowest BCUT2D eigenvalue weighted by atomic mass is 10.1. The third-order valence-electron chi connectivity index (χ3n) is 2.99. The highest BCUT2D eigenvalue weighted by atomic mass is 32.1. The summed E-state index contributed by atoms with van der Waals surface area (Å²) in [5.41, 5.74) is 2.01. The largest absolute Gasteiger partial charge is 0.493 e. The monoisotopic (exact) mass is 292 g/mol. The fourth-order valence-electron chi connectivity index (χ4n) is 1.92. The maximum absolute atomic E-state index is 11.8. The van der Waals surface area contributed by atoms with Crippen LogP contribution in [0.5, 0.6) is 11.5 Å². The smallest absolute Gasteiger partial charge is 0.270 e. The summed E-state index contributed by atoms with van der Waals surface area (Å²) in [6.07, 6.45) is 0. The van der Waals surface area contributed by atoms with E-state index < -0.39 is 0 Å². The van der Waals surface area contributed by atoms with Crippen molar-refractivity contribution in [3.05, 3.63) is 40.2 Å². The Morgan fingerprint density at radius 1 is 1.20 bits per heavy atom. The molecule has 5 nitrogen and oxygen atoms in total. The van der Waals surface area contributed by atoms with Gasteiger partial charge < -0.3 is 9.47 Å². The van der Waals surface area contributed by atoms with Gasteiger partial charge in [-0.3, -0.25) is 4.79 Å². The number of ether oxygens (including phenoxy) is 2. The van der Waals surface area contributed by atoms with Crippen LogP contribution in [0.1, 0.15) is 5.56 Å². The van der Waals surface area contributed by atoms with Gasteiger partial charge in [0.25, 0.3) is 5.56 Å². The van der Waals surface area contributed by atoms with E-state index >= 15 is 0 Å². The number of rotatable bonds is 4. The van der Waals surface area contributed by atoms with Gasteiger partial charge in [0.05, 0.1) is 19.9 Å². The Bertz CT molecular complexity index is 683. The Kier molecular flexibility index (Phi) is 4.34. The zero-order chi connectivity index (χ0) is 14.7. The van der Waals surface area contributed by atoms with Crippen LogP contribution in [0.2, 0.25) is 0 Å². The first-order valence-electron chi connectivity index (χ1n) is 6.01. The van der Waals surface area contributed by atoms with Crippen LogP contribution in [0, 0.1) is 0 Å². The first kappa shape index (κ1) is 14.5. The number of nitrogens with zero attached hydrogens (tertiary/aromatic N) is 2. The number of hydrogen-bond donors (Lipinski definition) is 1. The topological polar surface area (TPSA) is 53.4 Å². The van der Waals surface area contributed by atoms with E-state index in [-0.39, 0.29) is 5.56 Å². The molecule has 2 aromatic rings. The van der Waals surface area contributed by atoms with Crippen molar-refractivity contribution in [2.75, 3.05) is 14.2 Å². The molecule has 0 atom stereocenters. The molecule has 0 aliphatic rings. The minimum atomic E-state index is -0.135. The molecule has 0 aliphatic carbocycles. The fourth-order valence-corrected chi connectivity index (χ4v) is 2.15. The van der Waals surface area contributed by atoms with Gasteiger partial charge in [-0.2, -0.15) is 17.7 Å². The van der Waals surface area contributed by atoms with Crippen molar-refractivity contribution in [3.8, 4) is 22.8 Å². The van der Waals surface area contributed by atoms with Crippen molar-refractivity contribution in [2.24, 2.45) is 7.05 Å². The highest BCUT2D eigenvalue weighted by Crippen LogP contribution is 2.31. The molecule has 1 aromatic heterocycles. The maximum atomic E-state index is 11.8. The molecule has 0 saturated heterocycles. The summed E-state index contributed by atoms with van der Waals surface area (Å²) in [5.74, 6) is 1.64. The van der Waals surface area contributed by atoms with Crippen molar-refractivity contribution in [3.63, 3.8) is 0 Å². The van der Waals surface area contributed by atoms with Crippen molar-refractivity contribution in [1.29, 1.82) is 0 Å². The molecule has 1 aromatic carbocycles. The van der Waals surface area contributed by atoms with Gasteiger partial charge >= 0.3 is 0 Å². The van der Waals surface area contributed by atoms with Crippen LogP contribution in [0.3, 0.4) is 0 Å². The molecule has 1 heterocycles. The highest BCUT2D eigenvalue weighted by Gasteiger charge is 2.10. The summed E-state index contributed by atoms with van der Waals surface area (Å²) in [6, 6.07) is 7.25. The van der Waals surface area contributed by atoms with E-state index in [2.05, 4.69) is 17.7 Å². The van der Waals surface area contributed by atoms with Crippen molar-refractivity contribution in [2.45, 2.75) is 5.75 Å². The number of aromatic nitrogens is 2. The Morgan fingerprint density at radius 2 is 1.90 bits per heavy atom. The van der Waals surface area contributed by atoms with Gasteiger partial charge in [-0.15, -0.1) is 0 Å². The summed E-state index contributed by atoms with van der Waals surface area (Å²) in [7, 11) is 4.79. The van der Waals surface area contributed by atoms with Gasteiger partial charge in [-0.25, -0.2) is 4.68 Å². The number of hydrogen-bond acceptors (Lipinski definition) is 5. The van der Waals surface area contributed by atoms with E-state index in [4.69, 9.17) is 9.47 Å². The van der Waals surface area contributed by atoms with E-state index in [9.17, 15) is 4.79 Å². The molecule has 0 bridgehead atoms. The molecule has 20 heavy (non-hydrogen) atoms. The molecule has 6 heteroatoms. The van der Waals surface area contributed by atoms with Gasteiger partial charge in [0.15, 0.2) is 11.5 Å². The molecule has 0 aliphatic heterocycles. The second-order valence-corrected chi connectivity index (χ2v) is 4.53. The first-order chi connectivity index (χ1) is 9.60. The predicted molar refractivity (Wildman–Crippen MR) is 80.7 cm³/mol. The lowest BCUT2D eigenvalue weighted by Gasteiger charge is -2.10. The molecule has 0 fully saturated rings. The molecule has 0 saturated carbocycles. The van der Waals surface area contributed by atoms with E-state index in [1.165, 1.54) is 4.68 Å². The van der Waals surface area contributed by atoms with Gasteiger partial charge in [0, 0.05) is 23.9 Å². The van der Waals surface area contributed by atoms with Gasteiger partial charge in [0.1, 0.15) is 0 Å². The fraction of sp³-hybridized carbons (Fsp3) is 0.286. The van der Waals surface area contributed by atoms with Crippen LogP contribution in [-0.2, 0) is 12.8 Å². The van der Waals surface area contributed by atoms with Crippen molar-refractivity contribution in [1.82, 2.24) is 9.78 Å². The zero-order valence-corrected chi connectivity index (χ0v) is 12.5. The van der Waals surface area contributed by atoms with E-state index in [1.807, 2.05) is 12.1 Å². The van der Waals surface area contributed by atoms with Crippen molar-refractivity contribution < 1.29 is 9.47 Å².